The molecule has 0 saturated heterocycles. The largest absolute Gasteiger partial charge is 0.507 e. The summed E-state index contributed by atoms with van der Waals surface area (Å²) in [6.07, 6.45) is 13.1. The second-order valence-electron chi connectivity index (χ2n) is 9.70. The summed E-state index contributed by atoms with van der Waals surface area (Å²) in [5, 5.41) is 11.4. The van der Waals surface area contributed by atoms with E-state index in [1.54, 1.807) is 0 Å². The number of benzene rings is 1. The predicted molar refractivity (Wildman–Crippen MR) is 112 cm³/mol. The van der Waals surface area contributed by atoms with E-state index in [4.69, 9.17) is 4.74 Å². The number of hydrogen-bond donors (Lipinski definition) is 1. The lowest BCUT2D eigenvalue weighted by molar-refractivity contribution is 0.00734. The number of hydrogen-bond acceptors (Lipinski definition) is 2. The van der Waals surface area contributed by atoms with Gasteiger partial charge in [-0.3, -0.25) is 0 Å². The van der Waals surface area contributed by atoms with Gasteiger partial charge in [0.2, 0.25) is 0 Å². The molecule has 0 saturated carbocycles. The van der Waals surface area contributed by atoms with Crippen molar-refractivity contribution in [3.63, 3.8) is 0 Å². The van der Waals surface area contributed by atoms with E-state index in [1.165, 1.54) is 55.2 Å². The summed E-state index contributed by atoms with van der Waals surface area (Å²) in [6.45, 7) is 8.97. The molecule has 1 aromatic rings. The molecule has 1 N–H and O–H groups in total. The van der Waals surface area contributed by atoms with E-state index < -0.39 is 0 Å². The van der Waals surface area contributed by atoms with E-state index in [0.717, 1.165) is 30.6 Å². The lowest BCUT2D eigenvalue weighted by Gasteiger charge is -2.47. The van der Waals surface area contributed by atoms with Crippen molar-refractivity contribution in [1.29, 1.82) is 0 Å². The Balaban J connectivity index is 1.76. The molecule has 0 spiro atoms. The molecule has 0 fully saturated rings. The highest BCUT2D eigenvalue weighted by Crippen LogP contribution is 2.56. The zero-order valence-corrected chi connectivity index (χ0v) is 17.6. The van der Waals surface area contributed by atoms with E-state index in [-0.39, 0.29) is 5.60 Å². The zero-order chi connectivity index (χ0) is 19.2. The first-order valence-electron chi connectivity index (χ1n) is 11.2. The molecular formula is C25H36O2. The first kappa shape index (κ1) is 18.9. The van der Waals surface area contributed by atoms with Crippen molar-refractivity contribution in [2.75, 3.05) is 0 Å². The monoisotopic (exact) mass is 368 g/mol. The first-order chi connectivity index (χ1) is 12.9. The first-order valence-corrected chi connectivity index (χ1v) is 11.2. The molecule has 0 bridgehead atoms. The Kier molecular flexibility index (Phi) is 5.03. The maximum Gasteiger partial charge on any atom is 0.127 e. The Hall–Kier alpha value is -1.44. The number of rotatable bonds is 4. The molecule has 27 heavy (non-hydrogen) atoms. The lowest BCUT2D eigenvalue weighted by atomic mass is 9.66. The van der Waals surface area contributed by atoms with Gasteiger partial charge in [-0.25, -0.2) is 0 Å². The minimum atomic E-state index is -0.179. The van der Waals surface area contributed by atoms with Crippen molar-refractivity contribution >= 4 is 0 Å². The van der Waals surface area contributed by atoms with Gasteiger partial charge in [0.05, 0.1) is 0 Å². The molecule has 0 aromatic heterocycles. The van der Waals surface area contributed by atoms with Gasteiger partial charge in [0, 0.05) is 17.4 Å². The summed E-state index contributed by atoms with van der Waals surface area (Å²) in [5.74, 6) is 2.97. The summed E-state index contributed by atoms with van der Waals surface area (Å²) in [4.78, 5) is 0. The van der Waals surface area contributed by atoms with E-state index in [0.29, 0.717) is 23.5 Å². The second-order valence-corrected chi connectivity index (χ2v) is 9.70. The van der Waals surface area contributed by atoms with Gasteiger partial charge in [0.25, 0.3) is 0 Å². The standard InChI is InChI=1S/C25H36O2/c1-5-6-7-9-17-10-8-11-18-19(17)15-22-23(24(18)26)20-14-16(2)12-13-21(20)25(3,4)27-22/h12,15,17,20-21,26H,5-11,13-14H2,1-4H3/t17?,20-,21-/m1/s1. The van der Waals surface area contributed by atoms with Gasteiger partial charge in [0.1, 0.15) is 17.1 Å². The zero-order valence-electron chi connectivity index (χ0n) is 17.6. The van der Waals surface area contributed by atoms with Crippen LogP contribution in [0.1, 0.15) is 108 Å². The fraction of sp³-hybridized carbons (Fsp3) is 0.680. The van der Waals surface area contributed by atoms with Crippen LogP contribution in [0.3, 0.4) is 0 Å². The Morgan fingerprint density at radius 2 is 2.07 bits per heavy atom. The van der Waals surface area contributed by atoms with E-state index in [9.17, 15) is 5.11 Å². The maximum atomic E-state index is 11.4. The molecule has 1 aromatic carbocycles. The number of aromatic hydroxyl groups is 1. The Morgan fingerprint density at radius 1 is 1.26 bits per heavy atom. The van der Waals surface area contributed by atoms with Crippen molar-refractivity contribution < 1.29 is 9.84 Å². The minimum Gasteiger partial charge on any atom is -0.507 e. The second kappa shape index (κ2) is 7.18. The van der Waals surface area contributed by atoms with Gasteiger partial charge in [-0.1, -0.05) is 37.8 Å². The molecule has 0 amide bonds. The smallest absolute Gasteiger partial charge is 0.127 e. The summed E-state index contributed by atoms with van der Waals surface area (Å²) in [7, 11) is 0. The Morgan fingerprint density at radius 3 is 2.85 bits per heavy atom. The summed E-state index contributed by atoms with van der Waals surface area (Å²) < 4.78 is 6.56. The van der Waals surface area contributed by atoms with E-state index >= 15 is 0 Å². The third-order valence-electron chi connectivity index (χ3n) is 7.40. The molecule has 1 unspecified atom stereocenters. The highest BCUT2D eigenvalue weighted by atomic mass is 16.5. The number of phenolic OH excluding ortho intramolecular Hbond substituents is 1. The minimum absolute atomic E-state index is 0.179. The molecule has 3 atom stereocenters. The van der Waals surface area contributed by atoms with E-state index in [2.05, 4.69) is 39.8 Å². The average Bonchev–Trinajstić information content (AvgIpc) is 2.61. The van der Waals surface area contributed by atoms with Gasteiger partial charge in [-0.2, -0.15) is 0 Å². The quantitative estimate of drug-likeness (QED) is 0.458. The van der Waals surface area contributed by atoms with Crippen molar-refractivity contribution in [2.24, 2.45) is 5.92 Å². The maximum absolute atomic E-state index is 11.4. The SMILES string of the molecule is CCCCCC1CCCc2c1cc1c(c2O)[C@@H]2CC(C)=CC[C@H]2C(C)(C)O1. The van der Waals surface area contributed by atoms with Crippen LogP contribution in [0.25, 0.3) is 0 Å². The number of phenols is 1. The van der Waals surface area contributed by atoms with Crippen LogP contribution in [-0.2, 0) is 6.42 Å². The molecule has 4 rings (SSSR count). The molecule has 1 heterocycles. The van der Waals surface area contributed by atoms with Gasteiger partial charge >= 0.3 is 0 Å². The summed E-state index contributed by atoms with van der Waals surface area (Å²) in [5.41, 5.74) is 5.00. The normalized spacial score (nSPS) is 28.4. The van der Waals surface area contributed by atoms with Crippen LogP contribution in [0, 0.1) is 5.92 Å². The van der Waals surface area contributed by atoms with Gasteiger partial charge in [-0.15, -0.1) is 0 Å². The van der Waals surface area contributed by atoms with Gasteiger partial charge < -0.3 is 9.84 Å². The number of fused-ring (bicyclic) bond motifs is 4. The fourth-order valence-electron chi connectivity index (χ4n) is 5.91. The third kappa shape index (κ3) is 3.30. The van der Waals surface area contributed by atoms with Gasteiger partial charge in [-0.05, 0) is 82.4 Å². The van der Waals surface area contributed by atoms with Crippen LogP contribution < -0.4 is 4.74 Å². The predicted octanol–water partition coefficient (Wildman–Crippen LogP) is 7.00. The number of allylic oxidation sites excluding steroid dienone is 2. The molecule has 2 nitrogen and oxygen atoms in total. The topological polar surface area (TPSA) is 29.5 Å². The summed E-state index contributed by atoms with van der Waals surface area (Å²) in [6, 6.07) is 2.33. The molecule has 148 valence electrons. The fourth-order valence-corrected chi connectivity index (χ4v) is 5.91. The number of ether oxygens (including phenoxy) is 1. The highest BCUT2D eigenvalue weighted by molar-refractivity contribution is 5.59. The van der Waals surface area contributed by atoms with Crippen LogP contribution in [0.5, 0.6) is 11.5 Å². The van der Waals surface area contributed by atoms with Crippen molar-refractivity contribution in [1.82, 2.24) is 0 Å². The summed E-state index contributed by atoms with van der Waals surface area (Å²) >= 11 is 0. The van der Waals surface area contributed by atoms with Crippen molar-refractivity contribution in [2.45, 2.75) is 103 Å². The molecule has 0 radical (unpaired) electrons. The lowest BCUT2D eigenvalue weighted by Crippen LogP contribution is -2.45. The molecular weight excluding hydrogens is 332 g/mol. The van der Waals surface area contributed by atoms with Crippen LogP contribution >= 0.6 is 0 Å². The van der Waals surface area contributed by atoms with Gasteiger partial charge in [0.15, 0.2) is 0 Å². The van der Waals surface area contributed by atoms with Crippen LogP contribution in [0.2, 0.25) is 0 Å². The van der Waals surface area contributed by atoms with Crippen molar-refractivity contribution in [3.05, 3.63) is 34.4 Å². The highest BCUT2D eigenvalue weighted by Gasteiger charge is 2.46. The number of unbranched alkanes of at least 4 members (excludes halogenated alkanes) is 2. The molecule has 3 aliphatic rings. The molecule has 2 aliphatic carbocycles. The van der Waals surface area contributed by atoms with Crippen molar-refractivity contribution in [3.8, 4) is 11.5 Å². The Bertz CT molecular complexity index is 743. The van der Waals surface area contributed by atoms with E-state index in [1.807, 2.05) is 0 Å². The Labute approximate surface area is 165 Å². The molecule has 1 aliphatic heterocycles. The van der Waals surface area contributed by atoms with Crippen LogP contribution in [0.15, 0.2) is 17.7 Å². The third-order valence-corrected chi connectivity index (χ3v) is 7.40. The van der Waals surface area contributed by atoms with Crippen LogP contribution in [0.4, 0.5) is 0 Å². The molecule has 2 heteroatoms. The average molecular weight is 369 g/mol. The van der Waals surface area contributed by atoms with Crippen LogP contribution in [-0.4, -0.2) is 10.7 Å².